The molecule has 0 radical (unpaired) electrons. The molecule has 0 saturated heterocycles. The highest BCUT2D eigenvalue weighted by molar-refractivity contribution is 5.85. The third kappa shape index (κ3) is 6.68. The number of nitrogens with one attached hydrogen (secondary N) is 1. The van der Waals surface area contributed by atoms with E-state index in [2.05, 4.69) is 5.32 Å². The monoisotopic (exact) mass is 142 g/mol. The number of rotatable bonds is 5. The maximum Gasteiger partial charge on any atom is 0.241 e. The first-order valence-corrected chi connectivity index (χ1v) is 2.90. The van der Waals surface area contributed by atoms with Crippen molar-refractivity contribution in [3.8, 4) is 0 Å². The van der Waals surface area contributed by atoms with E-state index >= 15 is 0 Å². The Kier molecular flexibility index (Phi) is 5.04. The van der Waals surface area contributed by atoms with Crippen LogP contribution in [0.15, 0.2) is 12.2 Å². The van der Waals surface area contributed by atoms with Crippen molar-refractivity contribution in [2.45, 2.75) is 6.42 Å². The van der Waals surface area contributed by atoms with Crippen LogP contribution in [0.5, 0.6) is 0 Å². The minimum absolute atomic E-state index is 0.467. The minimum atomic E-state index is -0.467. The average molecular weight is 142 g/mol. The molecule has 3 N–H and O–H groups in total. The molecule has 0 fully saturated rings. The summed E-state index contributed by atoms with van der Waals surface area (Å²) < 4.78 is 0. The molecule has 2 amide bonds. The summed E-state index contributed by atoms with van der Waals surface area (Å²) in [4.78, 5) is 19.8. The Hall–Kier alpha value is -1.32. The van der Waals surface area contributed by atoms with Crippen LogP contribution in [0, 0.1) is 0 Å². The molecule has 0 rings (SSSR count). The lowest BCUT2D eigenvalue weighted by Gasteiger charge is -1.89. The van der Waals surface area contributed by atoms with Gasteiger partial charge >= 0.3 is 0 Å². The fourth-order valence-corrected chi connectivity index (χ4v) is 0.425. The summed E-state index contributed by atoms with van der Waals surface area (Å²) in [6, 6.07) is 0. The van der Waals surface area contributed by atoms with E-state index in [0.29, 0.717) is 19.4 Å². The molecule has 4 nitrogen and oxygen atoms in total. The van der Waals surface area contributed by atoms with Gasteiger partial charge in [0.25, 0.3) is 0 Å². The van der Waals surface area contributed by atoms with Gasteiger partial charge in [0.05, 0.1) is 0 Å². The largest absolute Gasteiger partial charge is 0.366 e. The van der Waals surface area contributed by atoms with Crippen molar-refractivity contribution in [3.63, 3.8) is 0 Å². The van der Waals surface area contributed by atoms with Gasteiger partial charge in [0.1, 0.15) is 0 Å². The first kappa shape index (κ1) is 8.68. The number of primary amides is 1. The van der Waals surface area contributed by atoms with E-state index in [4.69, 9.17) is 5.73 Å². The standard InChI is InChI=1S/C6H10N2O2/c7-6(10)3-1-2-4-8-5-9/h1,3,5H,2,4H2,(H2,7,10)(H,8,9). The van der Waals surface area contributed by atoms with Crippen LogP contribution in [0.4, 0.5) is 0 Å². The van der Waals surface area contributed by atoms with Gasteiger partial charge in [-0.25, -0.2) is 0 Å². The third-order valence-corrected chi connectivity index (χ3v) is 0.821. The van der Waals surface area contributed by atoms with E-state index in [9.17, 15) is 9.59 Å². The van der Waals surface area contributed by atoms with Crippen LogP contribution in [0.1, 0.15) is 6.42 Å². The molecular formula is C6H10N2O2. The van der Waals surface area contributed by atoms with E-state index in [0.717, 1.165) is 0 Å². The van der Waals surface area contributed by atoms with Gasteiger partial charge in [-0.1, -0.05) is 6.08 Å². The predicted molar refractivity (Wildman–Crippen MR) is 37.0 cm³/mol. The quantitative estimate of drug-likeness (QED) is 0.298. The van der Waals surface area contributed by atoms with Crippen molar-refractivity contribution in [2.24, 2.45) is 5.73 Å². The Morgan fingerprint density at radius 3 is 2.80 bits per heavy atom. The molecule has 56 valence electrons. The van der Waals surface area contributed by atoms with Crippen molar-refractivity contribution in [1.82, 2.24) is 5.32 Å². The van der Waals surface area contributed by atoms with Crippen molar-refractivity contribution in [1.29, 1.82) is 0 Å². The smallest absolute Gasteiger partial charge is 0.241 e. The second-order valence-corrected chi connectivity index (χ2v) is 1.67. The lowest BCUT2D eigenvalue weighted by Crippen LogP contribution is -2.11. The van der Waals surface area contributed by atoms with E-state index < -0.39 is 5.91 Å². The molecule has 0 saturated carbocycles. The summed E-state index contributed by atoms with van der Waals surface area (Å²) in [7, 11) is 0. The SMILES string of the molecule is NC(=O)C=CCCNC=O. The van der Waals surface area contributed by atoms with Gasteiger partial charge in [0.2, 0.25) is 12.3 Å². The Balaban J connectivity index is 3.18. The van der Waals surface area contributed by atoms with Gasteiger partial charge in [-0.05, 0) is 12.5 Å². The summed E-state index contributed by atoms with van der Waals surface area (Å²) in [6.07, 6.45) is 4.12. The second kappa shape index (κ2) is 5.81. The first-order valence-electron chi connectivity index (χ1n) is 2.90. The Bertz CT molecular complexity index is 143. The zero-order chi connectivity index (χ0) is 7.82. The number of hydrogen-bond acceptors (Lipinski definition) is 2. The van der Waals surface area contributed by atoms with E-state index in [1.807, 2.05) is 0 Å². The van der Waals surface area contributed by atoms with Crippen LogP contribution in [0.25, 0.3) is 0 Å². The summed E-state index contributed by atoms with van der Waals surface area (Å²) in [6.45, 7) is 0.535. The number of nitrogens with two attached hydrogens (primary N) is 1. The highest BCUT2D eigenvalue weighted by Gasteiger charge is 1.81. The van der Waals surface area contributed by atoms with Crippen molar-refractivity contribution < 1.29 is 9.59 Å². The Morgan fingerprint density at radius 2 is 2.30 bits per heavy atom. The number of hydrogen-bond donors (Lipinski definition) is 2. The molecule has 0 spiro atoms. The fourth-order valence-electron chi connectivity index (χ4n) is 0.425. The fraction of sp³-hybridized carbons (Fsp3) is 0.333. The Morgan fingerprint density at radius 1 is 1.60 bits per heavy atom. The van der Waals surface area contributed by atoms with Crippen molar-refractivity contribution >= 4 is 12.3 Å². The zero-order valence-electron chi connectivity index (χ0n) is 5.54. The van der Waals surface area contributed by atoms with Crippen molar-refractivity contribution in [2.75, 3.05) is 6.54 Å². The molecule has 0 atom stereocenters. The van der Waals surface area contributed by atoms with Crippen LogP contribution in [-0.4, -0.2) is 18.9 Å². The summed E-state index contributed by atoms with van der Waals surface area (Å²) in [5.41, 5.74) is 4.79. The molecule has 0 aromatic carbocycles. The molecular weight excluding hydrogens is 132 g/mol. The summed E-state index contributed by atoms with van der Waals surface area (Å²) in [5.74, 6) is -0.467. The highest BCUT2D eigenvalue weighted by atomic mass is 16.1. The van der Waals surface area contributed by atoms with Gasteiger partial charge in [-0.3, -0.25) is 9.59 Å². The maximum absolute atomic E-state index is 10.1. The van der Waals surface area contributed by atoms with E-state index in [-0.39, 0.29) is 0 Å². The second-order valence-electron chi connectivity index (χ2n) is 1.67. The minimum Gasteiger partial charge on any atom is -0.366 e. The molecule has 0 aromatic heterocycles. The molecule has 10 heavy (non-hydrogen) atoms. The average Bonchev–Trinajstić information content (AvgIpc) is 1.87. The number of amides is 2. The molecule has 0 aliphatic rings. The Labute approximate surface area is 59.1 Å². The number of carbonyl (C=O) groups is 2. The third-order valence-electron chi connectivity index (χ3n) is 0.821. The molecule has 0 aromatic rings. The van der Waals surface area contributed by atoms with E-state index in [1.165, 1.54) is 6.08 Å². The van der Waals surface area contributed by atoms with E-state index in [1.54, 1.807) is 6.08 Å². The lowest BCUT2D eigenvalue weighted by atomic mass is 10.4. The van der Waals surface area contributed by atoms with Crippen molar-refractivity contribution in [3.05, 3.63) is 12.2 Å². The number of carbonyl (C=O) groups excluding carboxylic acids is 2. The van der Waals surface area contributed by atoms with Crippen LogP contribution in [0.3, 0.4) is 0 Å². The van der Waals surface area contributed by atoms with Gasteiger partial charge in [-0.15, -0.1) is 0 Å². The normalized spacial score (nSPS) is 9.60. The van der Waals surface area contributed by atoms with Crippen LogP contribution >= 0.6 is 0 Å². The predicted octanol–water partition coefficient (Wildman–Crippen LogP) is -0.836. The highest BCUT2D eigenvalue weighted by Crippen LogP contribution is 1.77. The van der Waals surface area contributed by atoms with Gasteiger partial charge < -0.3 is 11.1 Å². The van der Waals surface area contributed by atoms with Crippen LogP contribution < -0.4 is 11.1 Å². The molecule has 0 aliphatic carbocycles. The summed E-state index contributed by atoms with van der Waals surface area (Å²) >= 11 is 0. The van der Waals surface area contributed by atoms with Crippen LogP contribution in [-0.2, 0) is 9.59 Å². The molecule has 0 unspecified atom stereocenters. The molecule has 0 aliphatic heterocycles. The molecule has 4 heteroatoms. The van der Waals surface area contributed by atoms with Gasteiger partial charge in [-0.2, -0.15) is 0 Å². The maximum atomic E-state index is 10.1. The van der Waals surface area contributed by atoms with Gasteiger partial charge in [0, 0.05) is 6.54 Å². The molecule has 0 bridgehead atoms. The van der Waals surface area contributed by atoms with Gasteiger partial charge in [0.15, 0.2) is 0 Å². The topological polar surface area (TPSA) is 72.2 Å². The van der Waals surface area contributed by atoms with Crippen LogP contribution in [0.2, 0.25) is 0 Å². The molecule has 0 heterocycles. The lowest BCUT2D eigenvalue weighted by molar-refractivity contribution is -0.113. The first-order chi connectivity index (χ1) is 4.77. The zero-order valence-corrected chi connectivity index (χ0v) is 5.54. The summed E-state index contributed by atoms with van der Waals surface area (Å²) in [5, 5.41) is 2.44.